The monoisotopic (exact) mass is 381 g/mol. The third-order valence-electron chi connectivity index (χ3n) is 6.08. The average Bonchev–Trinajstić information content (AvgIpc) is 3.16. The predicted octanol–water partition coefficient (Wildman–Crippen LogP) is 5.06. The van der Waals surface area contributed by atoms with Crippen LogP contribution < -0.4 is 4.74 Å². The minimum atomic E-state index is -0.207. The van der Waals surface area contributed by atoms with E-state index in [2.05, 4.69) is 23.6 Å². The van der Waals surface area contributed by atoms with E-state index in [0.29, 0.717) is 12.5 Å². The molecule has 3 nitrogen and oxygen atoms in total. The molecule has 1 heterocycles. The lowest BCUT2D eigenvalue weighted by Gasteiger charge is -2.37. The van der Waals surface area contributed by atoms with Crippen LogP contribution in [0.2, 0.25) is 0 Å². The van der Waals surface area contributed by atoms with Crippen molar-refractivity contribution in [1.82, 2.24) is 4.90 Å². The van der Waals surface area contributed by atoms with E-state index in [4.69, 9.17) is 9.47 Å². The molecule has 0 spiro atoms. The third-order valence-corrected chi connectivity index (χ3v) is 6.08. The number of hydrogen-bond donors (Lipinski definition) is 0. The van der Waals surface area contributed by atoms with Crippen LogP contribution in [-0.2, 0) is 17.8 Å². The van der Waals surface area contributed by atoms with Gasteiger partial charge in [-0.2, -0.15) is 0 Å². The first-order valence-corrected chi connectivity index (χ1v) is 10.1. The molecule has 28 heavy (non-hydrogen) atoms. The fraction of sp³-hybridized carbons (Fsp3) is 0.417. The lowest BCUT2D eigenvalue weighted by atomic mass is 9.95. The molecule has 4 rings (SSSR count). The maximum Gasteiger partial charge on any atom is 0.123 e. The lowest BCUT2D eigenvalue weighted by Crippen LogP contribution is -2.37. The van der Waals surface area contributed by atoms with Gasteiger partial charge in [-0.15, -0.1) is 0 Å². The fourth-order valence-corrected chi connectivity index (χ4v) is 4.38. The van der Waals surface area contributed by atoms with Gasteiger partial charge in [-0.25, -0.2) is 4.39 Å². The molecule has 1 unspecified atom stereocenters. The van der Waals surface area contributed by atoms with Gasteiger partial charge in [-0.3, -0.25) is 0 Å². The van der Waals surface area contributed by atoms with Crippen molar-refractivity contribution in [2.24, 2.45) is 0 Å². The summed E-state index contributed by atoms with van der Waals surface area (Å²) < 4.78 is 24.5. The minimum Gasteiger partial charge on any atom is -0.497 e. The Morgan fingerprint density at radius 1 is 1.11 bits per heavy atom. The second-order valence-corrected chi connectivity index (χ2v) is 7.77. The van der Waals surface area contributed by atoms with Crippen LogP contribution in [0.1, 0.15) is 41.9 Å². The SMILES string of the molecule is C=C(C1CCc2ccc(OC)cc21)N1CCC(OCc2ccc(F)cc2)CC1. The minimum absolute atomic E-state index is 0.207. The van der Waals surface area contributed by atoms with Crippen LogP contribution in [0.3, 0.4) is 0 Å². The van der Waals surface area contributed by atoms with Crippen LogP contribution in [0.5, 0.6) is 5.75 Å². The van der Waals surface area contributed by atoms with E-state index in [1.807, 2.05) is 6.07 Å². The van der Waals surface area contributed by atoms with Gasteiger partial charge >= 0.3 is 0 Å². The molecule has 2 aliphatic rings. The Bertz CT molecular complexity index is 825. The molecule has 148 valence electrons. The zero-order valence-corrected chi connectivity index (χ0v) is 16.5. The van der Waals surface area contributed by atoms with E-state index in [-0.39, 0.29) is 11.9 Å². The summed E-state index contributed by atoms with van der Waals surface area (Å²) in [6.45, 7) is 6.94. The van der Waals surface area contributed by atoms with Gasteiger partial charge in [0.25, 0.3) is 0 Å². The number of aryl methyl sites for hydroxylation is 1. The number of nitrogens with zero attached hydrogens (tertiary/aromatic N) is 1. The van der Waals surface area contributed by atoms with Gasteiger partial charge < -0.3 is 14.4 Å². The molecule has 1 fully saturated rings. The fourth-order valence-electron chi connectivity index (χ4n) is 4.38. The molecule has 0 aromatic heterocycles. The van der Waals surface area contributed by atoms with Gasteiger partial charge in [-0.1, -0.05) is 24.8 Å². The Balaban J connectivity index is 1.31. The highest BCUT2D eigenvalue weighted by atomic mass is 19.1. The van der Waals surface area contributed by atoms with Crippen LogP contribution in [0.15, 0.2) is 54.7 Å². The maximum absolute atomic E-state index is 13.0. The summed E-state index contributed by atoms with van der Waals surface area (Å²) in [6, 6.07) is 13.0. The topological polar surface area (TPSA) is 21.7 Å². The molecule has 1 aliphatic heterocycles. The number of likely N-dealkylation sites (tertiary alicyclic amines) is 1. The number of ether oxygens (including phenoxy) is 2. The van der Waals surface area contributed by atoms with Crippen molar-refractivity contribution in [2.45, 2.75) is 44.3 Å². The average molecular weight is 381 g/mol. The molecule has 0 amide bonds. The Morgan fingerprint density at radius 2 is 1.86 bits per heavy atom. The summed E-state index contributed by atoms with van der Waals surface area (Å²) in [5, 5.41) is 0. The third kappa shape index (κ3) is 4.07. The molecule has 0 radical (unpaired) electrons. The normalized spacial score (nSPS) is 19.5. The maximum atomic E-state index is 13.0. The van der Waals surface area contributed by atoms with Crippen molar-refractivity contribution in [3.63, 3.8) is 0 Å². The molecule has 1 aliphatic carbocycles. The van der Waals surface area contributed by atoms with Gasteiger partial charge in [0.15, 0.2) is 0 Å². The van der Waals surface area contributed by atoms with Crippen molar-refractivity contribution < 1.29 is 13.9 Å². The van der Waals surface area contributed by atoms with E-state index < -0.39 is 0 Å². The first-order valence-electron chi connectivity index (χ1n) is 10.1. The highest BCUT2D eigenvalue weighted by molar-refractivity contribution is 5.44. The molecule has 1 saturated heterocycles. The number of benzene rings is 2. The number of halogens is 1. The van der Waals surface area contributed by atoms with E-state index >= 15 is 0 Å². The van der Waals surface area contributed by atoms with E-state index in [1.165, 1.54) is 29.0 Å². The van der Waals surface area contributed by atoms with Crippen molar-refractivity contribution in [3.8, 4) is 5.75 Å². The largest absolute Gasteiger partial charge is 0.497 e. The van der Waals surface area contributed by atoms with Gasteiger partial charge in [0.2, 0.25) is 0 Å². The summed E-state index contributed by atoms with van der Waals surface area (Å²) in [5.74, 6) is 1.11. The van der Waals surface area contributed by atoms with Gasteiger partial charge in [0.1, 0.15) is 11.6 Å². The van der Waals surface area contributed by atoms with Crippen molar-refractivity contribution in [1.29, 1.82) is 0 Å². The predicted molar refractivity (Wildman–Crippen MR) is 109 cm³/mol. The summed E-state index contributed by atoms with van der Waals surface area (Å²) in [5.41, 5.74) is 5.04. The van der Waals surface area contributed by atoms with Crippen molar-refractivity contribution in [2.75, 3.05) is 20.2 Å². The second-order valence-electron chi connectivity index (χ2n) is 7.77. The van der Waals surface area contributed by atoms with E-state index in [0.717, 1.165) is 50.1 Å². The summed E-state index contributed by atoms with van der Waals surface area (Å²) >= 11 is 0. The highest BCUT2D eigenvalue weighted by Crippen LogP contribution is 2.41. The zero-order chi connectivity index (χ0) is 19.5. The molecular formula is C24H28FNO2. The highest BCUT2D eigenvalue weighted by Gasteiger charge is 2.30. The number of hydrogen-bond acceptors (Lipinski definition) is 3. The Hall–Kier alpha value is -2.33. The Kier molecular flexibility index (Phi) is 5.67. The van der Waals surface area contributed by atoms with Crippen LogP contribution >= 0.6 is 0 Å². The standard InChI is InChI=1S/C24H28FNO2/c1-17(23-10-6-19-5-9-22(27-2)15-24(19)23)26-13-11-21(12-14-26)28-16-18-3-7-20(25)8-4-18/h3-5,7-9,15,21,23H,1,6,10-14,16H2,2H3. The quantitative estimate of drug-likeness (QED) is 0.698. The van der Waals surface area contributed by atoms with Gasteiger partial charge in [0.05, 0.1) is 19.8 Å². The summed E-state index contributed by atoms with van der Waals surface area (Å²) in [6.07, 6.45) is 4.49. The number of piperidine rings is 1. The molecule has 0 saturated carbocycles. The lowest BCUT2D eigenvalue weighted by molar-refractivity contribution is 0.00258. The summed E-state index contributed by atoms with van der Waals surface area (Å²) in [4.78, 5) is 2.43. The van der Waals surface area contributed by atoms with E-state index in [1.54, 1.807) is 19.2 Å². The smallest absolute Gasteiger partial charge is 0.123 e. The van der Waals surface area contributed by atoms with E-state index in [9.17, 15) is 4.39 Å². The van der Waals surface area contributed by atoms with Crippen LogP contribution in [0.4, 0.5) is 4.39 Å². The van der Waals surface area contributed by atoms with Crippen molar-refractivity contribution in [3.05, 3.63) is 77.2 Å². The van der Waals surface area contributed by atoms with Crippen LogP contribution in [0, 0.1) is 5.82 Å². The number of fused-ring (bicyclic) bond motifs is 1. The van der Waals surface area contributed by atoms with Crippen molar-refractivity contribution >= 4 is 0 Å². The number of allylic oxidation sites excluding steroid dienone is 1. The van der Waals surface area contributed by atoms with Gasteiger partial charge in [-0.05, 0) is 66.6 Å². The molecule has 1 atom stereocenters. The molecule has 4 heteroatoms. The second kappa shape index (κ2) is 8.36. The van der Waals surface area contributed by atoms with Crippen LogP contribution in [0.25, 0.3) is 0 Å². The van der Waals surface area contributed by atoms with Crippen LogP contribution in [-0.4, -0.2) is 31.2 Å². The first kappa shape index (κ1) is 19.0. The first-order chi connectivity index (χ1) is 13.6. The Morgan fingerprint density at radius 3 is 2.57 bits per heavy atom. The Labute approximate surface area is 166 Å². The zero-order valence-electron chi connectivity index (χ0n) is 16.5. The summed E-state index contributed by atoms with van der Waals surface area (Å²) in [7, 11) is 1.72. The molecule has 2 aromatic rings. The van der Waals surface area contributed by atoms with Gasteiger partial charge in [0, 0.05) is 24.7 Å². The molecule has 2 aromatic carbocycles. The molecule has 0 N–H and O–H groups in total. The number of rotatable bonds is 6. The molecule has 0 bridgehead atoms. The molecular weight excluding hydrogens is 353 g/mol. The number of methoxy groups -OCH3 is 1.